The molecule has 2 amide bonds. The lowest BCUT2D eigenvalue weighted by Gasteiger charge is -2.29. The molecule has 0 saturated carbocycles. The minimum absolute atomic E-state index is 0.200. The quantitative estimate of drug-likeness (QED) is 0.270. The summed E-state index contributed by atoms with van der Waals surface area (Å²) in [5.41, 5.74) is 2.34. The van der Waals surface area contributed by atoms with Crippen molar-refractivity contribution in [3.05, 3.63) is 108 Å². The Morgan fingerprint density at radius 2 is 1.73 bits per heavy atom. The Hall–Kier alpha value is -2.85. The molecule has 186 valence electrons. The monoisotopic (exact) mass is 612 g/mol. The molecule has 0 radical (unpaired) electrons. The fraction of sp³-hybridized carbons (Fsp3) is 0.148. The van der Waals surface area contributed by atoms with Crippen molar-refractivity contribution in [1.29, 1.82) is 0 Å². The van der Waals surface area contributed by atoms with Gasteiger partial charge in [0.25, 0.3) is 0 Å². The maximum atomic E-state index is 13.8. The highest BCUT2D eigenvalue weighted by Crippen LogP contribution is 2.53. The minimum atomic E-state index is -0.627. The minimum Gasteiger partial charge on any atom is -0.489 e. The molecule has 0 spiro atoms. The lowest BCUT2D eigenvalue weighted by molar-refractivity contribution is -0.122. The van der Waals surface area contributed by atoms with Crippen molar-refractivity contribution in [3.63, 3.8) is 0 Å². The molecule has 2 aliphatic rings. The molecule has 37 heavy (non-hydrogen) atoms. The fourth-order valence-corrected chi connectivity index (χ4v) is 7.78. The molecule has 6 nitrogen and oxygen atoms in total. The van der Waals surface area contributed by atoms with Crippen LogP contribution in [0.1, 0.15) is 21.9 Å². The second-order valence-electron chi connectivity index (χ2n) is 8.73. The number of benzene rings is 3. The van der Waals surface area contributed by atoms with Crippen LogP contribution in [0.25, 0.3) is 0 Å². The first-order chi connectivity index (χ1) is 17.9. The van der Waals surface area contributed by atoms with Gasteiger partial charge in [0, 0.05) is 20.3 Å². The van der Waals surface area contributed by atoms with Crippen molar-refractivity contribution >= 4 is 68.1 Å². The van der Waals surface area contributed by atoms with Gasteiger partial charge >= 0.3 is 4.87 Å². The molecule has 4 aromatic rings. The van der Waals surface area contributed by atoms with Crippen LogP contribution in [-0.2, 0) is 16.2 Å². The van der Waals surface area contributed by atoms with Crippen LogP contribution >= 0.6 is 50.6 Å². The van der Waals surface area contributed by atoms with Crippen LogP contribution in [-0.4, -0.2) is 22.0 Å². The van der Waals surface area contributed by atoms with Gasteiger partial charge in [0.15, 0.2) is 0 Å². The van der Waals surface area contributed by atoms with Gasteiger partial charge in [0.05, 0.1) is 16.6 Å². The summed E-state index contributed by atoms with van der Waals surface area (Å²) < 4.78 is 6.78. The number of halogens is 2. The number of thioether (sulfide) groups is 1. The highest BCUT2D eigenvalue weighted by Gasteiger charge is 2.56. The number of imide groups is 1. The lowest BCUT2D eigenvalue weighted by atomic mass is 9.83. The number of rotatable bonds is 5. The maximum Gasteiger partial charge on any atom is 0.305 e. The van der Waals surface area contributed by atoms with Crippen molar-refractivity contribution in [1.82, 2.24) is 4.98 Å². The molecule has 3 unspecified atom stereocenters. The van der Waals surface area contributed by atoms with E-state index in [1.54, 1.807) is 24.3 Å². The van der Waals surface area contributed by atoms with Crippen LogP contribution in [0.15, 0.2) is 87.1 Å². The normalized spacial score (nSPS) is 20.6. The predicted molar refractivity (Wildman–Crippen MR) is 149 cm³/mol. The van der Waals surface area contributed by atoms with E-state index < -0.39 is 17.1 Å². The highest BCUT2D eigenvalue weighted by molar-refractivity contribution is 9.10. The number of fused-ring (bicyclic) bond motifs is 2. The molecule has 6 rings (SSSR count). The molecule has 1 saturated heterocycles. The summed E-state index contributed by atoms with van der Waals surface area (Å²) in [4.78, 5) is 44.2. The second-order valence-corrected chi connectivity index (χ2v) is 12.2. The standard InChI is InChI=1S/C27H18BrClN2O4S2/c28-16-6-8-18(9-7-16)31-25(32)21-20(22-24(30-27(34)37-22)36-23(21)26(31)33)15-4-10-19(11-5-15)35-13-14-2-1-3-17(29)12-14/h1-12,20-21,23H,13H2,(H,30,34). The van der Waals surface area contributed by atoms with Gasteiger partial charge in [0.1, 0.15) is 17.6 Å². The van der Waals surface area contributed by atoms with E-state index in [9.17, 15) is 14.4 Å². The molecule has 2 aliphatic heterocycles. The zero-order valence-corrected chi connectivity index (χ0v) is 23.0. The van der Waals surface area contributed by atoms with E-state index in [2.05, 4.69) is 20.9 Å². The molecule has 3 heterocycles. The number of aromatic nitrogens is 1. The van der Waals surface area contributed by atoms with E-state index in [4.69, 9.17) is 16.3 Å². The molecule has 10 heteroatoms. The number of aromatic amines is 1. The largest absolute Gasteiger partial charge is 0.489 e. The Kier molecular flexibility index (Phi) is 6.48. The van der Waals surface area contributed by atoms with Gasteiger partial charge in [0.2, 0.25) is 11.8 Å². The highest BCUT2D eigenvalue weighted by atomic mass is 79.9. The number of hydrogen-bond acceptors (Lipinski definition) is 6. The number of amides is 2. The number of hydrogen-bond donors (Lipinski definition) is 1. The van der Waals surface area contributed by atoms with Crippen LogP contribution < -0.4 is 14.5 Å². The number of thiazole rings is 1. The SMILES string of the molecule is O=C1C2Sc3[nH]c(=O)sc3C(c3ccc(OCc4cccc(Cl)c4)cc3)C2C(=O)N1c1ccc(Br)cc1. The van der Waals surface area contributed by atoms with Gasteiger partial charge in [-0.25, -0.2) is 4.90 Å². The van der Waals surface area contributed by atoms with Crippen molar-refractivity contribution in [2.75, 3.05) is 4.90 Å². The van der Waals surface area contributed by atoms with Gasteiger partial charge in [-0.1, -0.05) is 74.9 Å². The first-order valence-electron chi connectivity index (χ1n) is 11.4. The van der Waals surface area contributed by atoms with E-state index in [-0.39, 0.29) is 16.7 Å². The van der Waals surface area contributed by atoms with Crippen molar-refractivity contribution in [2.45, 2.75) is 22.8 Å². The van der Waals surface area contributed by atoms with Gasteiger partial charge in [-0.15, -0.1) is 0 Å². The Morgan fingerprint density at radius 3 is 2.46 bits per heavy atom. The van der Waals surface area contributed by atoms with Crippen LogP contribution in [0, 0.1) is 5.92 Å². The molecule has 1 fully saturated rings. The Balaban J connectivity index is 1.32. The molecule has 1 aromatic heterocycles. The topological polar surface area (TPSA) is 79.5 Å². The van der Waals surface area contributed by atoms with Crippen molar-refractivity contribution in [2.24, 2.45) is 5.92 Å². The number of anilines is 1. The molecular formula is C27H18BrClN2O4S2. The summed E-state index contributed by atoms with van der Waals surface area (Å²) in [7, 11) is 0. The van der Waals surface area contributed by atoms with Crippen molar-refractivity contribution in [3.8, 4) is 5.75 Å². The van der Waals surface area contributed by atoms with E-state index >= 15 is 0 Å². The first kappa shape index (κ1) is 24.5. The molecule has 0 bridgehead atoms. The van der Waals surface area contributed by atoms with E-state index in [1.165, 1.54) is 16.7 Å². The summed E-state index contributed by atoms with van der Waals surface area (Å²) in [6.45, 7) is 0.364. The number of nitrogens with zero attached hydrogens (tertiary/aromatic N) is 1. The van der Waals surface area contributed by atoms with Gasteiger partial charge in [-0.2, -0.15) is 0 Å². The fourth-order valence-electron chi connectivity index (χ4n) is 4.79. The zero-order valence-electron chi connectivity index (χ0n) is 19.0. The first-order valence-corrected chi connectivity index (χ1v) is 14.3. The predicted octanol–water partition coefficient (Wildman–Crippen LogP) is 6.23. The van der Waals surface area contributed by atoms with Crippen LogP contribution in [0.3, 0.4) is 0 Å². The zero-order chi connectivity index (χ0) is 25.7. The smallest absolute Gasteiger partial charge is 0.305 e. The van der Waals surface area contributed by atoms with Gasteiger partial charge < -0.3 is 9.72 Å². The van der Waals surface area contributed by atoms with Crippen LogP contribution in [0.2, 0.25) is 5.02 Å². The summed E-state index contributed by atoms with van der Waals surface area (Å²) in [5.74, 6) is -0.922. The van der Waals surface area contributed by atoms with Gasteiger partial charge in [-0.3, -0.25) is 14.4 Å². The molecule has 3 aromatic carbocycles. The third-order valence-corrected chi connectivity index (χ3v) is 9.61. The summed E-state index contributed by atoms with van der Waals surface area (Å²) >= 11 is 11.8. The second kappa shape index (κ2) is 9.79. The Labute approximate surface area is 233 Å². The van der Waals surface area contributed by atoms with E-state index in [0.717, 1.165) is 31.8 Å². The Bertz CT molecular complexity index is 1570. The Morgan fingerprint density at radius 1 is 0.973 bits per heavy atom. The van der Waals surface area contributed by atoms with E-state index in [1.807, 2.05) is 48.5 Å². The molecule has 0 aliphatic carbocycles. The average Bonchev–Trinajstić information content (AvgIpc) is 3.38. The lowest BCUT2D eigenvalue weighted by Crippen LogP contribution is -2.32. The molecule has 3 atom stereocenters. The number of carbonyl (C=O) groups is 2. The number of H-pyrrole nitrogens is 1. The van der Waals surface area contributed by atoms with E-state index in [0.29, 0.717) is 28.1 Å². The molecule has 1 N–H and O–H groups in total. The number of carbonyl (C=O) groups excluding carboxylic acids is 2. The number of ether oxygens (including phenoxy) is 1. The van der Waals surface area contributed by atoms with Crippen LogP contribution in [0.4, 0.5) is 5.69 Å². The maximum absolute atomic E-state index is 13.8. The summed E-state index contributed by atoms with van der Waals surface area (Å²) in [6, 6.07) is 22.1. The third-order valence-electron chi connectivity index (χ3n) is 6.44. The average molecular weight is 614 g/mol. The summed E-state index contributed by atoms with van der Waals surface area (Å²) in [5, 5.41) is 0.675. The third kappa shape index (κ3) is 4.54. The van der Waals surface area contributed by atoms with Gasteiger partial charge in [-0.05, 0) is 59.7 Å². The summed E-state index contributed by atoms with van der Waals surface area (Å²) in [6.07, 6.45) is 0. The number of nitrogens with one attached hydrogen (secondary N) is 1. The van der Waals surface area contributed by atoms with Crippen LogP contribution in [0.5, 0.6) is 5.75 Å². The van der Waals surface area contributed by atoms with Crippen molar-refractivity contribution < 1.29 is 14.3 Å². The molecular weight excluding hydrogens is 596 g/mol.